The van der Waals surface area contributed by atoms with E-state index >= 15 is 0 Å². The smallest absolute Gasteiger partial charge is 0.303 e. The summed E-state index contributed by atoms with van der Waals surface area (Å²) in [7, 11) is 0. The number of ketones is 1. The van der Waals surface area contributed by atoms with Crippen molar-refractivity contribution in [3.8, 4) is 0 Å². The van der Waals surface area contributed by atoms with Gasteiger partial charge in [0, 0.05) is 54.1 Å². The van der Waals surface area contributed by atoms with E-state index in [4.69, 9.17) is 33.2 Å². The fraction of sp³-hybridized carbons (Fsp3) is 0.630. The molecular formula is C27H35NO13. The molecule has 0 radical (unpaired) electrons. The highest BCUT2D eigenvalue weighted by Crippen LogP contribution is 2.36. The predicted octanol–water partition coefficient (Wildman–Crippen LogP) is 1.20. The van der Waals surface area contributed by atoms with Crippen molar-refractivity contribution < 1.29 is 61.9 Å². The molecule has 0 aromatic heterocycles. The second kappa shape index (κ2) is 13.6. The lowest BCUT2D eigenvalue weighted by molar-refractivity contribution is -0.296. The van der Waals surface area contributed by atoms with Gasteiger partial charge in [0.25, 0.3) is 5.78 Å². The minimum absolute atomic E-state index is 0.0215. The number of carbonyl (C=O) groups excluding carboxylic acids is 6. The third kappa shape index (κ3) is 8.06. The van der Waals surface area contributed by atoms with Crippen molar-refractivity contribution >= 4 is 35.6 Å². The van der Waals surface area contributed by atoms with Gasteiger partial charge in [0.1, 0.15) is 11.9 Å². The SMILES string of the molecule is CC(=O)OCC[C@H]1O[C@@H](OC2=C(C)OC(=C3CCN(C(C)=O)CC3)C2=O)[C@H](OC(C)=O)[C@@H](OC(C)=O)[C@@H]1OC(C)=O. The molecule has 41 heavy (non-hydrogen) atoms. The molecule has 0 saturated carbocycles. The molecule has 0 N–H and O–H groups in total. The summed E-state index contributed by atoms with van der Waals surface area (Å²) in [5.41, 5.74) is 0.721. The minimum Gasteiger partial charge on any atom is -0.466 e. The summed E-state index contributed by atoms with van der Waals surface area (Å²) in [6.45, 7) is 8.29. The highest BCUT2D eigenvalue weighted by molar-refractivity contribution is 6.08. The van der Waals surface area contributed by atoms with E-state index in [1.807, 2.05) is 0 Å². The van der Waals surface area contributed by atoms with Gasteiger partial charge in [-0.2, -0.15) is 0 Å². The van der Waals surface area contributed by atoms with Gasteiger partial charge in [-0.05, 0) is 25.3 Å². The maximum Gasteiger partial charge on any atom is 0.303 e. The number of carbonyl (C=O) groups is 6. The van der Waals surface area contributed by atoms with Crippen molar-refractivity contribution in [2.75, 3.05) is 19.7 Å². The number of hydrogen-bond acceptors (Lipinski definition) is 13. The molecule has 3 rings (SSSR count). The van der Waals surface area contributed by atoms with Crippen LogP contribution in [0.3, 0.4) is 0 Å². The predicted molar refractivity (Wildman–Crippen MR) is 135 cm³/mol. The Morgan fingerprint density at radius 2 is 1.39 bits per heavy atom. The normalized spacial score (nSPS) is 26.2. The summed E-state index contributed by atoms with van der Waals surface area (Å²) < 4.78 is 39.0. The fourth-order valence-electron chi connectivity index (χ4n) is 4.81. The second-order valence-corrected chi connectivity index (χ2v) is 9.77. The van der Waals surface area contributed by atoms with Gasteiger partial charge < -0.3 is 38.1 Å². The Hall–Kier alpha value is -3.94. The number of Topliss-reactive ketones (excluding diaryl/α,β-unsaturated/α-hetero) is 1. The molecule has 5 atom stereocenters. The minimum atomic E-state index is -1.52. The quantitative estimate of drug-likeness (QED) is 0.228. The Morgan fingerprint density at radius 1 is 0.829 bits per heavy atom. The maximum absolute atomic E-state index is 13.4. The molecule has 3 aliphatic heterocycles. The van der Waals surface area contributed by atoms with E-state index in [1.165, 1.54) is 20.8 Å². The lowest BCUT2D eigenvalue weighted by Gasteiger charge is -2.44. The van der Waals surface area contributed by atoms with Crippen molar-refractivity contribution in [2.24, 2.45) is 0 Å². The zero-order chi connectivity index (χ0) is 30.4. The van der Waals surface area contributed by atoms with Gasteiger partial charge in [0.2, 0.25) is 24.1 Å². The highest BCUT2D eigenvalue weighted by atomic mass is 16.7. The van der Waals surface area contributed by atoms with Crippen LogP contribution in [0.4, 0.5) is 0 Å². The molecule has 2 saturated heterocycles. The molecule has 0 aliphatic carbocycles. The molecular weight excluding hydrogens is 546 g/mol. The topological polar surface area (TPSA) is 170 Å². The van der Waals surface area contributed by atoms with Gasteiger partial charge in [-0.25, -0.2) is 0 Å². The molecule has 0 spiro atoms. The molecule has 3 heterocycles. The van der Waals surface area contributed by atoms with Crippen LogP contribution in [0.25, 0.3) is 0 Å². The number of ether oxygens (including phenoxy) is 7. The number of piperidine rings is 1. The van der Waals surface area contributed by atoms with Crippen molar-refractivity contribution in [1.82, 2.24) is 4.90 Å². The summed E-state index contributed by atoms with van der Waals surface area (Å²) in [5.74, 6) is -3.49. The number of hydrogen-bond donors (Lipinski definition) is 0. The molecule has 3 aliphatic rings. The van der Waals surface area contributed by atoms with Crippen molar-refractivity contribution in [3.05, 3.63) is 22.9 Å². The van der Waals surface area contributed by atoms with Crippen LogP contribution in [0.2, 0.25) is 0 Å². The van der Waals surface area contributed by atoms with Gasteiger partial charge in [-0.1, -0.05) is 0 Å². The maximum atomic E-state index is 13.4. The van der Waals surface area contributed by atoms with E-state index in [2.05, 4.69) is 0 Å². The van der Waals surface area contributed by atoms with E-state index in [0.29, 0.717) is 25.9 Å². The summed E-state index contributed by atoms with van der Waals surface area (Å²) >= 11 is 0. The molecule has 0 aromatic rings. The van der Waals surface area contributed by atoms with E-state index in [1.54, 1.807) is 4.90 Å². The Balaban J connectivity index is 1.92. The van der Waals surface area contributed by atoms with Crippen LogP contribution in [0.5, 0.6) is 0 Å². The van der Waals surface area contributed by atoms with E-state index in [9.17, 15) is 28.8 Å². The molecule has 226 valence electrons. The molecule has 14 heteroatoms. The lowest BCUT2D eigenvalue weighted by atomic mass is 9.96. The number of amides is 1. The molecule has 14 nitrogen and oxygen atoms in total. The van der Waals surface area contributed by atoms with Crippen LogP contribution in [0.15, 0.2) is 22.9 Å². The first kappa shape index (κ1) is 31.6. The van der Waals surface area contributed by atoms with E-state index in [0.717, 1.165) is 26.3 Å². The number of allylic oxidation sites excluding steroid dienone is 1. The van der Waals surface area contributed by atoms with Crippen molar-refractivity contribution in [3.63, 3.8) is 0 Å². The highest BCUT2D eigenvalue weighted by Gasteiger charge is 2.54. The summed E-state index contributed by atoms with van der Waals surface area (Å²) in [4.78, 5) is 74.2. The first-order chi connectivity index (χ1) is 19.3. The van der Waals surface area contributed by atoms with Crippen molar-refractivity contribution in [1.29, 1.82) is 0 Å². The Bertz CT molecular complexity index is 1150. The van der Waals surface area contributed by atoms with Crippen LogP contribution in [-0.2, 0) is 61.9 Å². The third-order valence-corrected chi connectivity index (χ3v) is 6.56. The van der Waals surface area contributed by atoms with E-state index in [-0.39, 0.29) is 36.2 Å². The Morgan fingerprint density at radius 3 is 1.93 bits per heavy atom. The lowest BCUT2D eigenvalue weighted by Crippen LogP contribution is -2.62. The molecule has 2 fully saturated rings. The monoisotopic (exact) mass is 581 g/mol. The fourth-order valence-corrected chi connectivity index (χ4v) is 4.81. The molecule has 0 bridgehead atoms. The summed E-state index contributed by atoms with van der Waals surface area (Å²) in [5, 5.41) is 0. The van der Waals surface area contributed by atoms with Crippen LogP contribution in [0, 0.1) is 0 Å². The van der Waals surface area contributed by atoms with E-state index < -0.39 is 60.4 Å². The van der Waals surface area contributed by atoms with Gasteiger partial charge >= 0.3 is 23.9 Å². The number of likely N-dealkylation sites (tertiary alicyclic amines) is 1. The second-order valence-electron chi connectivity index (χ2n) is 9.77. The van der Waals surface area contributed by atoms with Gasteiger partial charge in [-0.15, -0.1) is 0 Å². The van der Waals surface area contributed by atoms with Gasteiger partial charge in [-0.3, -0.25) is 28.8 Å². The average Bonchev–Trinajstić information content (AvgIpc) is 3.15. The standard InChI is InChI=1S/C27H35NO13/c1-13-22(21(34)23(36-13)19-7-10-28(11-8-19)14(2)29)41-27-26(39-18(6)33)25(38-17(5)32)24(37-16(4)31)20(40-27)9-12-35-15(3)30/h20,24-27H,7-12H2,1-6H3/t20-,24-,25+,26-,27+/m1/s1. The van der Waals surface area contributed by atoms with Crippen LogP contribution >= 0.6 is 0 Å². The Labute approximate surface area is 236 Å². The first-order valence-corrected chi connectivity index (χ1v) is 13.2. The zero-order valence-corrected chi connectivity index (χ0v) is 23.9. The summed E-state index contributed by atoms with van der Waals surface area (Å²) in [6, 6.07) is 0. The van der Waals surface area contributed by atoms with Crippen molar-refractivity contribution in [2.45, 2.75) is 91.5 Å². The number of nitrogens with zero attached hydrogens (tertiary/aromatic N) is 1. The molecule has 1 amide bonds. The van der Waals surface area contributed by atoms with Crippen LogP contribution in [0.1, 0.15) is 60.8 Å². The largest absolute Gasteiger partial charge is 0.466 e. The Kier molecular flexibility index (Phi) is 10.5. The first-order valence-electron chi connectivity index (χ1n) is 13.2. The third-order valence-electron chi connectivity index (χ3n) is 6.56. The van der Waals surface area contributed by atoms with Gasteiger partial charge in [0.15, 0.2) is 18.0 Å². The zero-order valence-electron chi connectivity index (χ0n) is 23.9. The number of rotatable bonds is 8. The molecule has 0 aromatic carbocycles. The molecule has 0 unspecified atom stereocenters. The number of esters is 4. The van der Waals surface area contributed by atoms with Gasteiger partial charge in [0.05, 0.1) is 6.61 Å². The summed E-state index contributed by atoms with van der Waals surface area (Å²) in [6.07, 6.45) is -5.85. The average molecular weight is 582 g/mol. The van der Waals surface area contributed by atoms with Crippen LogP contribution < -0.4 is 0 Å². The van der Waals surface area contributed by atoms with Crippen LogP contribution in [-0.4, -0.2) is 90.9 Å².